The summed E-state index contributed by atoms with van der Waals surface area (Å²) in [4.78, 5) is 6.70. The van der Waals surface area contributed by atoms with Crippen LogP contribution in [0.15, 0.2) is 46.1 Å². The van der Waals surface area contributed by atoms with Crippen molar-refractivity contribution in [3.05, 3.63) is 69.5 Å². The Hall–Kier alpha value is -2.16. The van der Waals surface area contributed by atoms with Crippen LogP contribution in [0, 0.1) is 18.6 Å². The highest BCUT2D eigenvalue weighted by atomic mass is 32.2. The number of nitrogens with zero attached hydrogens (tertiary/aromatic N) is 2. The van der Waals surface area contributed by atoms with Gasteiger partial charge in [-0.1, -0.05) is 24.3 Å². The molecule has 0 aliphatic carbocycles. The number of hydrogen-bond donors (Lipinski definition) is 2. The standard InChI is InChI=1S/C21H22F2N4S2/c1-14-9-17(19(22)20(23)21(14)29-26-18-12-28-13-25-18)24-10-15-5-2-3-6-16(15)11-27-7-4-8-27/h2-3,5-6,9,12-13,24,26H,4,7-8,10-11H2,1H3. The number of anilines is 2. The Morgan fingerprint density at radius 3 is 2.66 bits per heavy atom. The van der Waals surface area contributed by atoms with Crippen molar-refractivity contribution in [2.24, 2.45) is 0 Å². The van der Waals surface area contributed by atoms with Crippen molar-refractivity contribution in [2.75, 3.05) is 23.1 Å². The minimum Gasteiger partial charge on any atom is -0.378 e. The Kier molecular flexibility index (Phi) is 6.32. The molecule has 0 amide bonds. The first-order valence-corrected chi connectivity index (χ1v) is 11.2. The first-order valence-electron chi connectivity index (χ1n) is 9.44. The lowest BCUT2D eigenvalue weighted by Crippen LogP contribution is -2.36. The van der Waals surface area contributed by atoms with Gasteiger partial charge in [-0.25, -0.2) is 13.8 Å². The average Bonchev–Trinajstić information content (AvgIpc) is 3.20. The zero-order chi connectivity index (χ0) is 20.2. The fourth-order valence-corrected chi connectivity index (χ4v) is 4.49. The van der Waals surface area contributed by atoms with E-state index in [1.54, 1.807) is 18.5 Å². The quantitative estimate of drug-likeness (QED) is 0.449. The SMILES string of the molecule is Cc1cc(NCc2ccccc2CN2CCC2)c(F)c(F)c1SNc1cscn1. The van der Waals surface area contributed by atoms with Gasteiger partial charge >= 0.3 is 0 Å². The van der Waals surface area contributed by atoms with Crippen LogP contribution in [0.4, 0.5) is 20.3 Å². The number of thiazole rings is 1. The fraction of sp³-hybridized carbons (Fsp3) is 0.286. The van der Waals surface area contributed by atoms with Gasteiger partial charge in [0.15, 0.2) is 11.6 Å². The van der Waals surface area contributed by atoms with E-state index < -0.39 is 11.6 Å². The molecule has 1 aliphatic rings. The van der Waals surface area contributed by atoms with Gasteiger partial charge < -0.3 is 10.0 Å². The normalized spacial score (nSPS) is 13.9. The molecule has 152 valence electrons. The van der Waals surface area contributed by atoms with Crippen LogP contribution in [0.2, 0.25) is 0 Å². The maximum Gasteiger partial charge on any atom is 0.183 e. The predicted molar refractivity (Wildman–Crippen MR) is 116 cm³/mol. The summed E-state index contributed by atoms with van der Waals surface area (Å²) in [5.41, 5.74) is 4.83. The number of rotatable bonds is 8. The van der Waals surface area contributed by atoms with E-state index in [9.17, 15) is 8.78 Å². The largest absolute Gasteiger partial charge is 0.378 e. The zero-order valence-corrected chi connectivity index (χ0v) is 17.7. The molecule has 2 N–H and O–H groups in total. The van der Waals surface area contributed by atoms with E-state index in [2.05, 4.69) is 26.0 Å². The van der Waals surface area contributed by atoms with Crippen molar-refractivity contribution in [1.82, 2.24) is 9.88 Å². The molecule has 2 heterocycles. The Bertz CT molecular complexity index is 975. The van der Waals surface area contributed by atoms with Crippen LogP contribution in [0.5, 0.6) is 0 Å². The van der Waals surface area contributed by atoms with Gasteiger partial charge in [-0.2, -0.15) is 0 Å². The summed E-state index contributed by atoms with van der Waals surface area (Å²) >= 11 is 2.47. The minimum atomic E-state index is -0.863. The van der Waals surface area contributed by atoms with Gasteiger partial charge in [-0.15, -0.1) is 11.3 Å². The molecule has 1 fully saturated rings. The van der Waals surface area contributed by atoms with Crippen LogP contribution in [0.3, 0.4) is 0 Å². The third-order valence-electron chi connectivity index (χ3n) is 4.97. The Labute approximate surface area is 177 Å². The average molecular weight is 433 g/mol. The van der Waals surface area contributed by atoms with Gasteiger partial charge in [0.05, 0.1) is 16.1 Å². The predicted octanol–water partition coefficient (Wildman–Crippen LogP) is 5.67. The number of halogens is 2. The van der Waals surface area contributed by atoms with E-state index in [-0.39, 0.29) is 10.6 Å². The summed E-state index contributed by atoms with van der Waals surface area (Å²) in [6.45, 7) is 5.36. The molecule has 1 aromatic heterocycles. The molecule has 0 spiro atoms. The second kappa shape index (κ2) is 9.11. The third kappa shape index (κ3) is 4.71. The number of benzene rings is 2. The van der Waals surface area contributed by atoms with Crippen LogP contribution in [0.1, 0.15) is 23.1 Å². The lowest BCUT2D eigenvalue weighted by Gasteiger charge is -2.31. The fourth-order valence-electron chi connectivity index (χ4n) is 3.21. The second-order valence-corrected chi connectivity index (χ2v) is 8.56. The van der Waals surface area contributed by atoms with E-state index in [0.717, 1.165) is 37.1 Å². The van der Waals surface area contributed by atoms with Crippen molar-refractivity contribution < 1.29 is 8.78 Å². The highest BCUT2D eigenvalue weighted by Crippen LogP contribution is 2.32. The molecule has 1 saturated heterocycles. The van der Waals surface area contributed by atoms with Crippen molar-refractivity contribution in [3.63, 3.8) is 0 Å². The molecule has 0 radical (unpaired) electrons. The van der Waals surface area contributed by atoms with Crippen LogP contribution >= 0.6 is 23.3 Å². The van der Waals surface area contributed by atoms with E-state index >= 15 is 0 Å². The molecule has 0 bridgehead atoms. The zero-order valence-electron chi connectivity index (χ0n) is 16.0. The molecular weight excluding hydrogens is 410 g/mol. The topological polar surface area (TPSA) is 40.2 Å². The maximum absolute atomic E-state index is 14.7. The van der Waals surface area contributed by atoms with Gasteiger partial charge in [0.25, 0.3) is 0 Å². The monoisotopic (exact) mass is 432 g/mol. The first-order chi connectivity index (χ1) is 14.1. The van der Waals surface area contributed by atoms with Crippen LogP contribution in [-0.2, 0) is 13.1 Å². The molecule has 1 aliphatic heterocycles. The van der Waals surface area contributed by atoms with E-state index in [4.69, 9.17) is 0 Å². The number of aromatic nitrogens is 1. The van der Waals surface area contributed by atoms with E-state index in [1.807, 2.05) is 23.6 Å². The highest BCUT2D eigenvalue weighted by molar-refractivity contribution is 8.00. The third-order valence-corrected chi connectivity index (χ3v) is 6.57. The molecule has 0 saturated carbocycles. The number of nitrogens with one attached hydrogen (secondary N) is 2. The van der Waals surface area contributed by atoms with Crippen molar-refractivity contribution in [3.8, 4) is 0 Å². The summed E-state index contributed by atoms with van der Waals surface area (Å²) in [6.07, 6.45) is 1.24. The van der Waals surface area contributed by atoms with Crippen molar-refractivity contribution >= 4 is 34.8 Å². The number of likely N-dealkylation sites (tertiary alicyclic amines) is 1. The van der Waals surface area contributed by atoms with Crippen LogP contribution < -0.4 is 10.0 Å². The van der Waals surface area contributed by atoms with Crippen LogP contribution in [0.25, 0.3) is 0 Å². The maximum atomic E-state index is 14.7. The molecule has 8 heteroatoms. The molecule has 0 atom stereocenters. The molecule has 3 aromatic rings. The van der Waals surface area contributed by atoms with Gasteiger partial charge in [-0.05, 0) is 61.1 Å². The van der Waals surface area contributed by atoms with Gasteiger partial charge in [-0.3, -0.25) is 4.90 Å². The second-order valence-electron chi connectivity index (χ2n) is 7.03. The Morgan fingerprint density at radius 2 is 1.97 bits per heavy atom. The summed E-state index contributed by atoms with van der Waals surface area (Å²) in [6, 6.07) is 9.78. The first kappa shape index (κ1) is 20.1. The van der Waals surface area contributed by atoms with E-state index in [1.165, 1.54) is 23.3 Å². The molecule has 2 aromatic carbocycles. The Morgan fingerprint density at radius 1 is 1.17 bits per heavy atom. The van der Waals surface area contributed by atoms with E-state index in [0.29, 0.717) is 17.9 Å². The summed E-state index contributed by atoms with van der Waals surface area (Å²) in [5.74, 6) is -1.09. The summed E-state index contributed by atoms with van der Waals surface area (Å²) < 4.78 is 32.3. The number of hydrogen-bond acceptors (Lipinski definition) is 6. The molecular formula is C21H22F2N4S2. The Balaban J connectivity index is 1.46. The van der Waals surface area contributed by atoms with Crippen molar-refractivity contribution in [2.45, 2.75) is 31.3 Å². The smallest absolute Gasteiger partial charge is 0.183 e. The number of aryl methyl sites for hydroxylation is 1. The molecule has 29 heavy (non-hydrogen) atoms. The van der Waals surface area contributed by atoms with Gasteiger partial charge in [0, 0.05) is 18.5 Å². The lowest BCUT2D eigenvalue weighted by molar-refractivity contribution is 0.172. The summed E-state index contributed by atoms with van der Waals surface area (Å²) in [7, 11) is 0. The summed E-state index contributed by atoms with van der Waals surface area (Å²) in [5, 5.41) is 4.89. The molecule has 4 rings (SSSR count). The van der Waals surface area contributed by atoms with Gasteiger partial charge in [0.2, 0.25) is 0 Å². The molecule has 0 unspecified atom stereocenters. The minimum absolute atomic E-state index is 0.178. The lowest BCUT2D eigenvalue weighted by atomic mass is 10.0. The van der Waals surface area contributed by atoms with Crippen molar-refractivity contribution in [1.29, 1.82) is 0 Å². The van der Waals surface area contributed by atoms with Crippen LogP contribution in [-0.4, -0.2) is 23.0 Å². The highest BCUT2D eigenvalue weighted by Gasteiger charge is 2.19. The molecule has 4 nitrogen and oxygen atoms in total. The van der Waals surface area contributed by atoms with Gasteiger partial charge in [0.1, 0.15) is 5.82 Å².